The van der Waals surface area contributed by atoms with Gasteiger partial charge >= 0.3 is 0 Å². The summed E-state index contributed by atoms with van der Waals surface area (Å²) < 4.78 is 7.25. The van der Waals surface area contributed by atoms with E-state index in [1.54, 1.807) is 18.0 Å². The molecule has 0 aromatic carbocycles. The van der Waals surface area contributed by atoms with Gasteiger partial charge in [0.25, 0.3) is 0 Å². The van der Waals surface area contributed by atoms with Crippen LogP contribution in [0.5, 0.6) is 0 Å². The van der Waals surface area contributed by atoms with Crippen molar-refractivity contribution in [1.29, 1.82) is 0 Å². The third-order valence-corrected chi connectivity index (χ3v) is 9.17. The van der Waals surface area contributed by atoms with E-state index < -0.39 is 0 Å². The molecule has 1 saturated carbocycles. The Morgan fingerprint density at radius 2 is 2.06 bits per heavy atom. The zero-order valence-corrected chi connectivity index (χ0v) is 20.0. The molecule has 3 heterocycles. The predicted octanol–water partition coefficient (Wildman–Crippen LogP) is 5.19. The molecule has 1 amide bonds. The lowest BCUT2D eigenvalue weighted by Crippen LogP contribution is -2.55. The van der Waals surface area contributed by atoms with E-state index in [0.717, 1.165) is 37.8 Å². The van der Waals surface area contributed by atoms with E-state index in [1.807, 2.05) is 12.1 Å². The average Bonchev–Trinajstić information content (AvgIpc) is 3.13. The Bertz CT molecular complexity index is 869. The van der Waals surface area contributed by atoms with Gasteiger partial charge in [0.1, 0.15) is 0 Å². The molecule has 5 nitrogen and oxygen atoms in total. The first-order valence-electron chi connectivity index (χ1n) is 12.7. The fourth-order valence-corrected chi connectivity index (χ4v) is 7.16. The standard InChI is InChI=1S/C27H39N3O2/c1-19-9-10-20(25(31)29-23-8-5-15-28-18-23)6-4-7-22-16-21-11-12-24(30(2)3)17-26(21)13-14-27(19,22)32-26/h5,7-8,15,18-21,24H,4,6,9-14,16-17H2,1-3H3,(H,29,31)/b22-7-/t19-,20?,21?,24?,26+,27-/m0/s1. The van der Waals surface area contributed by atoms with Crippen molar-refractivity contribution < 1.29 is 9.53 Å². The van der Waals surface area contributed by atoms with Crippen molar-refractivity contribution in [2.75, 3.05) is 19.4 Å². The van der Waals surface area contributed by atoms with Gasteiger partial charge in [-0.15, -0.1) is 0 Å². The molecule has 174 valence electrons. The van der Waals surface area contributed by atoms with Crippen molar-refractivity contribution in [3.05, 3.63) is 36.2 Å². The van der Waals surface area contributed by atoms with Crippen LogP contribution in [0.2, 0.25) is 0 Å². The van der Waals surface area contributed by atoms with Gasteiger partial charge in [0.05, 0.1) is 23.1 Å². The second-order valence-corrected chi connectivity index (χ2v) is 11.1. The van der Waals surface area contributed by atoms with Crippen LogP contribution in [-0.4, -0.2) is 47.1 Å². The molecule has 2 spiro atoms. The molecule has 3 unspecified atom stereocenters. The lowest BCUT2D eigenvalue weighted by molar-refractivity contribution is -0.182. The Morgan fingerprint density at radius 3 is 2.84 bits per heavy atom. The summed E-state index contributed by atoms with van der Waals surface area (Å²) in [6.07, 6.45) is 17.1. The van der Waals surface area contributed by atoms with Crippen molar-refractivity contribution in [2.45, 2.75) is 88.4 Å². The van der Waals surface area contributed by atoms with Crippen LogP contribution in [0.3, 0.4) is 0 Å². The summed E-state index contributed by atoms with van der Waals surface area (Å²) in [6.45, 7) is 2.38. The third kappa shape index (κ3) is 3.81. The molecule has 0 radical (unpaired) electrons. The number of hydrogen-bond donors (Lipinski definition) is 1. The minimum absolute atomic E-state index is 0.0434. The maximum Gasteiger partial charge on any atom is 0.227 e. The summed E-state index contributed by atoms with van der Waals surface area (Å²) in [5.41, 5.74) is 2.32. The fourth-order valence-electron chi connectivity index (χ4n) is 7.16. The van der Waals surface area contributed by atoms with Crippen molar-refractivity contribution in [2.24, 2.45) is 17.8 Å². The van der Waals surface area contributed by atoms with Crippen LogP contribution in [0.25, 0.3) is 0 Å². The molecule has 2 aliphatic heterocycles. The predicted molar refractivity (Wildman–Crippen MR) is 127 cm³/mol. The lowest BCUT2D eigenvalue weighted by atomic mass is 9.67. The Morgan fingerprint density at radius 1 is 1.19 bits per heavy atom. The fraction of sp³-hybridized carbons (Fsp3) is 0.704. The molecule has 5 heteroatoms. The van der Waals surface area contributed by atoms with E-state index in [1.165, 1.54) is 32.1 Å². The van der Waals surface area contributed by atoms with Gasteiger partial charge in [-0.25, -0.2) is 0 Å². The monoisotopic (exact) mass is 437 g/mol. The number of amides is 1. The van der Waals surface area contributed by atoms with Crippen molar-refractivity contribution in [1.82, 2.24) is 9.88 Å². The summed E-state index contributed by atoms with van der Waals surface area (Å²) >= 11 is 0. The largest absolute Gasteiger partial charge is 0.364 e. The molecule has 2 aliphatic carbocycles. The molecule has 1 N–H and O–H groups in total. The highest BCUT2D eigenvalue weighted by Gasteiger charge is 2.62. The summed E-state index contributed by atoms with van der Waals surface area (Å²) in [6, 6.07) is 4.41. The maximum atomic E-state index is 13.0. The van der Waals surface area contributed by atoms with E-state index in [-0.39, 0.29) is 23.0 Å². The molecule has 2 saturated heterocycles. The number of nitrogens with one attached hydrogen (secondary N) is 1. The summed E-state index contributed by atoms with van der Waals surface area (Å²) in [7, 11) is 4.44. The van der Waals surface area contributed by atoms with Crippen molar-refractivity contribution in [3.8, 4) is 0 Å². The van der Waals surface area contributed by atoms with Crippen molar-refractivity contribution >= 4 is 11.6 Å². The molecule has 1 aromatic rings. The Balaban J connectivity index is 1.34. The Kier molecular flexibility index (Phi) is 5.91. The highest BCUT2D eigenvalue weighted by molar-refractivity contribution is 5.92. The van der Waals surface area contributed by atoms with E-state index >= 15 is 0 Å². The molecule has 6 atom stereocenters. The first-order valence-corrected chi connectivity index (χ1v) is 12.7. The normalized spacial score (nSPS) is 40.8. The Labute approximate surface area is 193 Å². The van der Waals surface area contributed by atoms with Crippen LogP contribution in [-0.2, 0) is 9.53 Å². The third-order valence-electron chi connectivity index (χ3n) is 9.17. The molecular formula is C27H39N3O2. The quantitative estimate of drug-likeness (QED) is 0.661. The first kappa shape index (κ1) is 22.1. The van der Waals surface area contributed by atoms with Crippen LogP contribution in [0.1, 0.15) is 71.1 Å². The maximum absolute atomic E-state index is 13.0. The highest BCUT2D eigenvalue weighted by atomic mass is 16.5. The number of carbonyl (C=O) groups is 1. The van der Waals surface area contributed by atoms with Crippen LogP contribution in [0.15, 0.2) is 36.2 Å². The minimum Gasteiger partial charge on any atom is -0.364 e. The number of anilines is 1. The molecule has 2 bridgehead atoms. The SMILES string of the molecule is C[C@H]1CCC(C(=O)Nc2cccnc2)CC/C=C2/CC3CCC(N(C)C)C[C@]34CC[C@@]21O4. The summed E-state index contributed by atoms with van der Waals surface area (Å²) in [4.78, 5) is 19.6. The average molecular weight is 438 g/mol. The highest BCUT2D eigenvalue weighted by Crippen LogP contribution is 2.61. The molecule has 5 rings (SSSR count). The number of hydrogen-bond acceptors (Lipinski definition) is 4. The van der Waals surface area contributed by atoms with Crippen molar-refractivity contribution in [3.63, 3.8) is 0 Å². The zero-order valence-electron chi connectivity index (χ0n) is 20.0. The van der Waals surface area contributed by atoms with Crippen LogP contribution in [0, 0.1) is 17.8 Å². The molecule has 4 aliphatic rings. The van der Waals surface area contributed by atoms with Gasteiger partial charge in [0, 0.05) is 18.2 Å². The number of nitrogens with zero attached hydrogens (tertiary/aromatic N) is 2. The van der Waals surface area contributed by atoms with Gasteiger partial charge < -0.3 is 15.0 Å². The number of allylic oxidation sites excluding steroid dienone is 1. The molecule has 32 heavy (non-hydrogen) atoms. The van der Waals surface area contributed by atoms with Gasteiger partial charge in [0.15, 0.2) is 0 Å². The minimum atomic E-state index is -0.0978. The van der Waals surface area contributed by atoms with Crippen LogP contribution < -0.4 is 5.32 Å². The second-order valence-electron chi connectivity index (χ2n) is 11.1. The molecule has 1 aromatic heterocycles. The molecule has 3 fully saturated rings. The number of aromatic nitrogens is 1. The summed E-state index contributed by atoms with van der Waals surface area (Å²) in [5.74, 6) is 1.29. The number of rotatable bonds is 3. The van der Waals surface area contributed by atoms with Gasteiger partial charge in [-0.1, -0.05) is 13.0 Å². The van der Waals surface area contributed by atoms with Gasteiger partial charge in [-0.2, -0.15) is 0 Å². The van der Waals surface area contributed by atoms with E-state index in [2.05, 4.69) is 42.3 Å². The topological polar surface area (TPSA) is 54.5 Å². The van der Waals surface area contributed by atoms with Gasteiger partial charge in [0.2, 0.25) is 5.91 Å². The molecular weight excluding hydrogens is 398 g/mol. The number of ether oxygens (including phenoxy) is 1. The Hall–Kier alpha value is -1.72. The van der Waals surface area contributed by atoms with Gasteiger partial charge in [-0.3, -0.25) is 9.78 Å². The zero-order chi connectivity index (χ0) is 22.3. The van der Waals surface area contributed by atoms with E-state index in [4.69, 9.17) is 4.74 Å². The number of carbonyl (C=O) groups excluding carboxylic acids is 1. The van der Waals surface area contributed by atoms with Gasteiger partial charge in [-0.05, 0) is 108 Å². The first-order chi connectivity index (χ1) is 15.4. The summed E-state index contributed by atoms with van der Waals surface area (Å²) in [5, 5.41) is 3.09. The number of pyridine rings is 1. The van der Waals surface area contributed by atoms with Crippen LogP contribution >= 0.6 is 0 Å². The smallest absolute Gasteiger partial charge is 0.227 e. The van der Waals surface area contributed by atoms with E-state index in [9.17, 15) is 4.79 Å². The second kappa shape index (κ2) is 8.57. The van der Waals surface area contributed by atoms with E-state index in [0.29, 0.717) is 17.9 Å². The van der Waals surface area contributed by atoms with Crippen LogP contribution in [0.4, 0.5) is 5.69 Å². The lowest BCUT2D eigenvalue weighted by Gasteiger charge is -2.53.